The molecule has 1 saturated carbocycles. The molecule has 0 radical (unpaired) electrons. The first-order chi connectivity index (χ1) is 7.54. The molecule has 1 fully saturated rings. The van der Waals surface area contributed by atoms with E-state index in [2.05, 4.69) is 35.6 Å². The summed E-state index contributed by atoms with van der Waals surface area (Å²) in [7, 11) is 0. The van der Waals surface area contributed by atoms with Crippen LogP contribution in [-0.2, 0) is 13.1 Å². The Morgan fingerprint density at radius 3 is 2.75 bits per heavy atom. The van der Waals surface area contributed by atoms with E-state index in [4.69, 9.17) is 0 Å². The Labute approximate surface area is 98.3 Å². The predicted octanol–water partition coefficient (Wildman–Crippen LogP) is 2.57. The molecule has 0 saturated heterocycles. The summed E-state index contributed by atoms with van der Waals surface area (Å²) in [5, 5.41) is 3.51. The van der Waals surface area contributed by atoms with Crippen molar-refractivity contribution in [1.29, 1.82) is 0 Å². The van der Waals surface area contributed by atoms with Gasteiger partial charge in [-0.3, -0.25) is 0 Å². The van der Waals surface area contributed by atoms with Crippen molar-refractivity contribution in [3.05, 3.63) is 18.2 Å². The molecule has 0 aromatic carbocycles. The van der Waals surface area contributed by atoms with Crippen LogP contribution in [0.2, 0.25) is 0 Å². The first kappa shape index (κ1) is 11.6. The van der Waals surface area contributed by atoms with Crippen LogP contribution in [0.5, 0.6) is 0 Å². The van der Waals surface area contributed by atoms with Gasteiger partial charge in [0.2, 0.25) is 0 Å². The van der Waals surface area contributed by atoms with Gasteiger partial charge in [-0.2, -0.15) is 0 Å². The highest BCUT2D eigenvalue weighted by atomic mass is 15.1. The van der Waals surface area contributed by atoms with Crippen LogP contribution in [-0.4, -0.2) is 15.1 Å². The van der Waals surface area contributed by atoms with Gasteiger partial charge >= 0.3 is 0 Å². The number of imidazole rings is 1. The molecule has 1 aromatic heterocycles. The molecule has 0 atom stereocenters. The lowest BCUT2D eigenvalue weighted by Crippen LogP contribution is -2.35. The average Bonchev–Trinajstić information content (AvgIpc) is 2.54. The smallest absolute Gasteiger partial charge is 0.0948 e. The zero-order valence-electron chi connectivity index (χ0n) is 10.7. The molecule has 2 rings (SSSR count). The van der Waals surface area contributed by atoms with Crippen LogP contribution in [0.1, 0.15) is 45.7 Å². The standard InChI is InChI=1S/C13H23N3/c1-13(2,3)15-8-12-7-14-10-16(12)9-11-5-4-6-11/h7,10-11,15H,4-6,8-9H2,1-3H3. The van der Waals surface area contributed by atoms with Crippen molar-refractivity contribution in [2.75, 3.05) is 0 Å². The molecular formula is C13H23N3. The Hall–Kier alpha value is -0.830. The van der Waals surface area contributed by atoms with E-state index < -0.39 is 0 Å². The van der Waals surface area contributed by atoms with Gasteiger partial charge in [0.1, 0.15) is 0 Å². The minimum absolute atomic E-state index is 0.172. The van der Waals surface area contributed by atoms with Crippen LogP contribution in [0.15, 0.2) is 12.5 Å². The third-order valence-electron chi connectivity index (χ3n) is 3.28. The highest BCUT2D eigenvalue weighted by Gasteiger charge is 2.19. The molecule has 1 N–H and O–H groups in total. The number of rotatable bonds is 4. The molecule has 90 valence electrons. The van der Waals surface area contributed by atoms with Crippen molar-refractivity contribution in [1.82, 2.24) is 14.9 Å². The third-order valence-corrected chi connectivity index (χ3v) is 3.28. The summed E-state index contributed by atoms with van der Waals surface area (Å²) in [4.78, 5) is 4.26. The fraction of sp³-hybridized carbons (Fsp3) is 0.769. The van der Waals surface area contributed by atoms with Crippen LogP contribution in [0.25, 0.3) is 0 Å². The molecule has 3 nitrogen and oxygen atoms in total. The minimum atomic E-state index is 0.172. The van der Waals surface area contributed by atoms with Crippen LogP contribution >= 0.6 is 0 Å². The normalized spacial score (nSPS) is 17.4. The Morgan fingerprint density at radius 1 is 1.44 bits per heavy atom. The maximum Gasteiger partial charge on any atom is 0.0948 e. The maximum atomic E-state index is 4.26. The first-order valence-electron chi connectivity index (χ1n) is 6.28. The van der Waals surface area contributed by atoms with E-state index >= 15 is 0 Å². The van der Waals surface area contributed by atoms with E-state index in [9.17, 15) is 0 Å². The lowest BCUT2D eigenvalue weighted by molar-refractivity contribution is 0.272. The Bertz CT molecular complexity index is 331. The third kappa shape index (κ3) is 3.08. The van der Waals surface area contributed by atoms with Gasteiger partial charge in [-0.05, 0) is 39.5 Å². The van der Waals surface area contributed by atoms with Crippen LogP contribution in [0.4, 0.5) is 0 Å². The molecular weight excluding hydrogens is 198 g/mol. The highest BCUT2D eigenvalue weighted by Crippen LogP contribution is 2.28. The number of hydrogen-bond donors (Lipinski definition) is 1. The number of nitrogens with zero attached hydrogens (tertiary/aromatic N) is 2. The summed E-state index contributed by atoms with van der Waals surface area (Å²) in [5.74, 6) is 0.891. The van der Waals surface area contributed by atoms with Crippen molar-refractivity contribution < 1.29 is 0 Å². The van der Waals surface area contributed by atoms with Crippen molar-refractivity contribution in [3.8, 4) is 0 Å². The summed E-state index contributed by atoms with van der Waals surface area (Å²) in [6.07, 6.45) is 8.15. The molecule has 0 amide bonds. The van der Waals surface area contributed by atoms with Gasteiger partial charge in [-0.1, -0.05) is 6.42 Å². The van der Waals surface area contributed by atoms with Gasteiger partial charge in [-0.15, -0.1) is 0 Å². The Morgan fingerprint density at radius 2 is 2.19 bits per heavy atom. The van der Waals surface area contributed by atoms with Gasteiger partial charge in [0.15, 0.2) is 0 Å². The van der Waals surface area contributed by atoms with Crippen LogP contribution < -0.4 is 5.32 Å². The summed E-state index contributed by atoms with van der Waals surface area (Å²) in [5.41, 5.74) is 1.48. The molecule has 1 aliphatic carbocycles. The van der Waals surface area contributed by atoms with E-state index in [0.717, 1.165) is 19.0 Å². The lowest BCUT2D eigenvalue weighted by atomic mass is 9.85. The van der Waals surface area contributed by atoms with Crippen molar-refractivity contribution >= 4 is 0 Å². The summed E-state index contributed by atoms with van der Waals surface area (Å²) in [6.45, 7) is 8.65. The van der Waals surface area contributed by atoms with E-state index in [-0.39, 0.29) is 5.54 Å². The van der Waals surface area contributed by atoms with Crippen LogP contribution in [0, 0.1) is 5.92 Å². The van der Waals surface area contributed by atoms with E-state index in [1.54, 1.807) is 0 Å². The van der Waals surface area contributed by atoms with Crippen molar-refractivity contribution in [3.63, 3.8) is 0 Å². The Balaban J connectivity index is 1.90. The zero-order chi connectivity index (χ0) is 11.6. The number of hydrogen-bond acceptors (Lipinski definition) is 2. The minimum Gasteiger partial charge on any atom is -0.333 e. The van der Waals surface area contributed by atoms with Crippen molar-refractivity contribution in [2.45, 2.75) is 58.7 Å². The second-order valence-corrected chi connectivity index (χ2v) is 5.94. The molecule has 0 aliphatic heterocycles. The van der Waals surface area contributed by atoms with Gasteiger partial charge in [0, 0.05) is 24.8 Å². The molecule has 0 unspecified atom stereocenters. The summed E-state index contributed by atoms with van der Waals surface area (Å²) < 4.78 is 2.31. The molecule has 0 spiro atoms. The second kappa shape index (κ2) is 4.58. The fourth-order valence-corrected chi connectivity index (χ4v) is 1.97. The maximum absolute atomic E-state index is 4.26. The SMILES string of the molecule is CC(C)(C)NCc1cncn1CC1CCC1. The quantitative estimate of drug-likeness (QED) is 0.847. The van der Waals surface area contributed by atoms with Gasteiger partial charge in [-0.25, -0.2) is 4.98 Å². The lowest BCUT2D eigenvalue weighted by Gasteiger charge is -2.27. The molecule has 0 bridgehead atoms. The van der Waals surface area contributed by atoms with Crippen molar-refractivity contribution in [2.24, 2.45) is 5.92 Å². The zero-order valence-corrected chi connectivity index (χ0v) is 10.7. The van der Waals surface area contributed by atoms with Crippen LogP contribution in [0.3, 0.4) is 0 Å². The molecule has 1 aromatic rings. The first-order valence-corrected chi connectivity index (χ1v) is 6.28. The van der Waals surface area contributed by atoms with Gasteiger partial charge in [0.05, 0.1) is 12.0 Å². The predicted molar refractivity (Wildman–Crippen MR) is 66.2 cm³/mol. The summed E-state index contributed by atoms with van der Waals surface area (Å²) >= 11 is 0. The van der Waals surface area contributed by atoms with E-state index in [1.165, 1.54) is 25.0 Å². The molecule has 16 heavy (non-hydrogen) atoms. The molecule has 3 heteroatoms. The van der Waals surface area contributed by atoms with E-state index in [1.807, 2.05) is 12.5 Å². The van der Waals surface area contributed by atoms with E-state index in [0.29, 0.717) is 0 Å². The topological polar surface area (TPSA) is 29.9 Å². The molecule has 1 heterocycles. The molecule has 1 aliphatic rings. The summed E-state index contributed by atoms with van der Waals surface area (Å²) in [6, 6.07) is 0. The number of nitrogens with one attached hydrogen (secondary N) is 1. The second-order valence-electron chi connectivity index (χ2n) is 5.94. The fourth-order valence-electron chi connectivity index (χ4n) is 1.97. The average molecular weight is 221 g/mol. The number of aromatic nitrogens is 2. The van der Waals surface area contributed by atoms with Gasteiger partial charge < -0.3 is 9.88 Å². The largest absolute Gasteiger partial charge is 0.333 e. The monoisotopic (exact) mass is 221 g/mol. The van der Waals surface area contributed by atoms with Gasteiger partial charge in [0.25, 0.3) is 0 Å². The Kier molecular flexibility index (Phi) is 3.33. The highest BCUT2D eigenvalue weighted by molar-refractivity contribution is 4.99.